The Bertz CT molecular complexity index is 1020. The fourth-order valence-corrected chi connectivity index (χ4v) is 4.11. The molecule has 1 atom stereocenters. The molecule has 4 rings (SSSR count). The molecule has 29 heavy (non-hydrogen) atoms. The van der Waals surface area contributed by atoms with Gasteiger partial charge in [-0.25, -0.2) is 4.79 Å². The highest BCUT2D eigenvalue weighted by atomic mass is 32.2. The Morgan fingerprint density at radius 1 is 1.21 bits per heavy atom. The van der Waals surface area contributed by atoms with Gasteiger partial charge in [0.2, 0.25) is 5.91 Å². The van der Waals surface area contributed by atoms with Gasteiger partial charge < -0.3 is 5.32 Å². The van der Waals surface area contributed by atoms with E-state index in [-0.39, 0.29) is 18.4 Å². The largest absolute Gasteiger partial charge is 0.334 e. The highest BCUT2D eigenvalue weighted by molar-refractivity contribution is 7.98. The minimum Gasteiger partial charge on any atom is -0.334 e. The third-order valence-corrected chi connectivity index (χ3v) is 5.50. The number of pyridine rings is 1. The second-order valence-electron chi connectivity index (χ2n) is 6.85. The lowest BCUT2D eigenvalue weighted by atomic mass is 10.1. The molecule has 3 heterocycles. The van der Waals surface area contributed by atoms with Crippen LogP contribution >= 0.6 is 11.8 Å². The van der Waals surface area contributed by atoms with E-state index in [1.165, 1.54) is 0 Å². The van der Waals surface area contributed by atoms with Crippen LogP contribution in [-0.4, -0.2) is 37.7 Å². The van der Waals surface area contributed by atoms with Gasteiger partial charge in [0.25, 0.3) is 0 Å². The average molecular weight is 408 g/mol. The summed E-state index contributed by atoms with van der Waals surface area (Å²) in [5, 5.41) is 14.5. The molecule has 1 aliphatic rings. The molecule has 3 amide bonds. The third-order valence-electron chi connectivity index (χ3n) is 4.50. The minimum absolute atomic E-state index is 0.213. The number of aryl methyl sites for hydroxylation is 1. The molecule has 0 bridgehead atoms. The van der Waals surface area contributed by atoms with E-state index in [0.717, 1.165) is 22.0 Å². The number of hydrogen-bond acceptors (Lipinski definition) is 6. The first-order valence-electron chi connectivity index (χ1n) is 9.22. The lowest BCUT2D eigenvalue weighted by Crippen LogP contribution is -2.53. The number of benzene rings is 1. The molecule has 8 nitrogen and oxygen atoms in total. The van der Waals surface area contributed by atoms with Crippen LogP contribution in [0.4, 0.5) is 4.79 Å². The van der Waals surface area contributed by atoms with Crippen molar-refractivity contribution in [3.63, 3.8) is 0 Å². The first-order chi connectivity index (χ1) is 14.1. The summed E-state index contributed by atoms with van der Waals surface area (Å²) >= 11 is 1.57. The number of urea groups is 1. The Labute approximate surface area is 172 Å². The zero-order valence-corrected chi connectivity index (χ0v) is 16.6. The highest BCUT2D eigenvalue weighted by Gasteiger charge is 2.26. The summed E-state index contributed by atoms with van der Waals surface area (Å²) in [6.45, 7) is 2.03. The van der Waals surface area contributed by atoms with Gasteiger partial charge in [-0.1, -0.05) is 30.0 Å². The molecule has 3 aromatic rings. The molecular formula is C20H20N6O2S. The summed E-state index contributed by atoms with van der Waals surface area (Å²) in [6.07, 6.45) is 4.20. The second kappa shape index (κ2) is 8.44. The topological polar surface area (TPSA) is 102 Å². The summed E-state index contributed by atoms with van der Waals surface area (Å²) in [4.78, 5) is 27.5. The van der Waals surface area contributed by atoms with E-state index in [4.69, 9.17) is 0 Å². The molecule has 148 valence electrons. The molecule has 9 heteroatoms. The smallest absolute Gasteiger partial charge is 0.321 e. The van der Waals surface area contributed by atoms with Crippen molar-refractivity contribution < 1.29 is 9.59 Å². The van der Waals surface area contributed by atoms with Crippen molar-refractivity contribution in [3.8, 4) is 5.69 Å². The summed E-state index contributed by atoms with van der Waals surface area (Å²) in [6, 6.07) is 11.2. The van der Waals surface area contributed by atoms with Crippen molar-refractivity contribution >= 4 is 23.7 Å². The van der Waals surface area contributed by atoms with Crippen LogP contribution in [0.1, 0.15) is 23.4 Å². The van der Waals surface area contributed by atoms with E-state index in [0.29, 0.717) is 18.0 Å². The van der Waals surface area contributed by atoms with E-state index >= 15 is 0 Å². The van der Waals surface area contributed by atoms with Crippen molar-refractivity contribution in [1.29, 1.82) is 0 Å². The number of amides is 3. The number of nitrogens with zero attached hydrogens (tertiary/aromatic N) is 4. The van der Waals surface area contributed by atoms with Gasteiger partial charge in [0.05, 0.1) is 0 Å². The number of nitrogens with one attached hydrogen (secondary N) is 2. The lowest BCUT2D eigenvalue weighted by molar-refractivity contribution is -0.121. The van der Waals surface area contributed by atoms with E-state index < -0.39 is 6.03 Å². The molecule has 2 aromatic heterocycles. The number of rotatable bonds is 6. The predicted octanol–water partition coefficient (Wildman–Crippen LogP) is 2.40. The molecule has 0 radical (unpaired) electrons. The fraction of sp³-hybridized carbons (Fsp3) is 0.250. The van der Waals surface area contributed by atoms with Gasteiger partial charge in [-0.05, 0) is 36.2 Å². The number of aromatic nitrogens is 4. The number of imide groups is 1. The number of carbonyl (C=O) groups excluding carboxylic acids is 2. The first kappa shape index (κ1) is 19.1. The molecule has 0 aliphatic carbocycles. The molecule has 1 aliphatic heterocycles. The van der Waals surface area contributed by atoms with Crippen LogP contribution in [-0.2, 0) is 17.0 Å². The second-order valence-corrected chi connectivity index (χ2v) is 7.79. The van der Waals surface area contributed by atoms with Gasteiger partial charge in [-0.15, -0.1) is 10.2 Å². The van der Waals surface area contributed by atoms with Crippen LogP contribution in [0.5, 0.6) is 0 Å². The summed E-state index contributed by atoms with van der Waals surface area (Å²) < 4.78 is 1.99. The summed E-state index contributed by atoms with van der Waals surface area (Å²) in [7, 11) is 0. The van der Waals surface area contributed by atoms with Gasteiger partial charge in [-0.2, -0.15) is 0 Å². The lowest BCUT2D eigenvalue weighted by Gasteiger charge is -2.23. The van der Waals surface area contributed by atoms with Gasteiger partial charge >= 0.3 is 6.03 Å². The predicted molar refractivity (Wildman–Crippen MR) is 109 cm³/mol. The standard InChI is InChI=1S/C20H20N6O2S/c1-13-4-2-6-16(8-13)26-17(9-15-10-18(27)23-19(28)22-15)24-25-20(26)29-12-14-5-3-7-21-11-14/h2-8,11,15H,9-10,12H2,1H3,(H2,22,23,27,28). The molecule has 0 saturated carbocycles. The van der Waals surface area contributed by atoms with Crippen molar-refractivity contribution in [2.24, 2.45) is 0 Å². The quantitative estimate of drug-likeness (QED) is 0.608. The number of carbonyl (C=O) groups is 2. The molecule has 1 unspecified atom stereocenters. The Morgan fingerprint density at radius 3 is 2.86 bits per heavy atom. The van der Waals surface area contributed by atoms with Crippen molar-refractivity contribution in [3.05, 3.63) is 65.7 Å². The normalized spacial score (nSPS) is 16.4. The van der Waals surface area contributed by atoms with Crippen LogP contribution in [0.25, 0.3) is 5.69 Å². The molecule has 1 fully saturated rings. The van der Waals surface area contributed by atoms with Crippen LogP contribution < -0.4 is 10.6 Å². The van der Waals surface area contributed by atoms with Crippen molar-refractivity contribution in [1.82, 2.24) is 30.4 Å². The fourth-order valence-electron chi connectivity index (χ4n) is 3.20. The monoisotopic (exact) mass is 408 g/mol. The Balaban J connectivity index is 1.63. The zero-order chi connectivity index (χ0) is 20.2. The van der Waals surface area contributed by atoms with E-state index in [1.54, 1.807) is 18.0 Å². The highest BCUT2D eigenvalue weighted by Crippen LogP contribution is 2.26. The first-order valence-corrected chi connectivity index (χ1v) is 10.2. The van der Waals surface area contributed by atoms with Gasteiger partial charge in [0.1, 0.15) is 5.82 Å². The van der Waals surface area contributed by atoms with E-state index in [2.05, 4.69) is 31.9 Å². The van der Waals surface area contributed by atoms with E-state index in [1.807, 2.05) is 48.0 Å². The Morgan fingerprint density at radius 2 is 2.10 bits per heavy atom. The summed E-state index contributed by atoms with van der Waals surface area (Å²) in [5.41, 5.74) is 3.16. The zero-order valence-electron chi connectivity index (χ0n) is 15.8. The maximum atomic E-state index is 11.7. The molecule has 1 saturated heterocycles. The van der Waals surface area contributed by atoms with Crippen LogP contribution in [0, 0.1) is 6.92 Å². The number of thioether (sulfide) groups is 1. The average Bonchev–Trinajstić information content (AvgIpc) is 3.09. The molecular weight excluding hydrogens is 388 g/mol. The minimum atomic E-state index is -0.473. The molecule has 2 N–H and O–H groups in total. The van der Waals surface area contributed by atoms with Gasteiger partial charge in [0.15, 0.2) is 5.16 Å². The Kier molecular flexibility index (Phi) is 5.57. The van der Waals surface area contributed by atoms with Gasteiger partial charge in [-0.3, -0.25) is 19.7 Å². The van der Waals surface area contributed by atoms with Crippen molar-refractivity contribution in [2.45, 2.75) is 36.7 Å². The third kappa shape index (κ3) is 4.62. The Hall–Kier alpha value is -3.20. The number of hydrogen-bond donors (Lipinski definition) is 2. The van der Waals surface area contributed by atoms with Crippen LogP contribution in [0.2, 0.25) is 0 Å². The molecule has 0 spiro atoms. The SMILES string of the molecule is Cc1cccc(-n2c(CC3CC(=O)NC(=O)N3)nnc2SCc2cccnc2)c1. The maximum Gasteiger partial charge on any atom is 0.321 e. The molecule has 1 aromatic carbocycles. The summed E-state index contributed by atoms with van der Waals surface area (Å²) in [5.74, 6) is 1.12. The maximum absolute atomic E-state index is 11.7. The van der Waals surface area contributed by atoms with E-state index in [9.17, 15) is 9.59 Å². The van der Waals surface area contributed by atoms with Crippen LogP contribution in [0.3, 0.4) is 0 Å². The van der Waals surface area contributed by atoms with Crippen molar-refractivity contribution in [2.75, 3.05) is 0 Å². The van der Waals surface area contributed by atoms with Crippen LogP contribution in [0.15, 0.2) is 53.9 Å². The van der Waals surface area contributed by atoms with Gasteiger partial charge in [0, 0.05) is 42.7 Å².